The topological polar surface area (TPSA) is 157 Å². The van der Waals surface area contributed by atoms with E-state index in [4.69, 9.17) is 9.47 Å². The van der Waals surface area contributed by atoms with Gasteiger partial charge in [-0.15, -0.1) is 0 Å². The first-order valence-corrected chi connectivity index (χ1v) is 16.9. The normalized spacial score (nSPS) is 12.6. The number of aromatic nitrogens is 2. The predicted molar refractivity (Wildman–Crippen MR) is 184 cm³/mol. The van der Waals surface area contributed by atoms with Gasteiger partial charge in [0.15, 0.2) is 0 Å². The van der Waals surface area contributed by atoms with Crippen LogP contribution in [0.25, 0.3) is 11.3 Å². The van der Waals surface area contributed by atoms with Gasteiger partial charge in [0, 0.05) is 11.6 Å². The van der Waals surface area contributed by atoms with E-state index < -0.39 is 33.8 Å². The molecule has 1 unspecified atom stereocenters. The number of anilines is 1. The summed E-state index contributed by atoms with van der Waals surface area (Å²) in [6, 6.07) is 20.1. The Morgan fingerprint density at radius 1 is 0.875 bits per heavy atom. The number of carboxylic acid groups (broad SMARTS) is 1. The van der Waals surface area contributed by atoms with Crippen molar-refractivity contribution in [3.05, 3.63) is 101 Å². The van der Waals surface area contributed by atoms with Crippen LogP contribution < -0.4 is 14.8 Å². The van der Waals surface area contributed by atoms with Gasteiger partial charge in [0.05, 0.1) is 22.7 Å². The first-order chi connectivity index (χ1) is 22.3. The lowest BCUT2D eigenvalue weighted by Crippen LogP contribution is -2.36. The molecule has 0 fully saturated rings. The first-order valence-electron chi connectivity index (χ1n) is 15.4. The van der Waals surface area contributed by atoms with Crippen LogP contribution in [0, 0.1) is 13.8 Å². The molecule has 1 amide bonds. The molecule has 0 aliphatic rings. The summed E-state index contributed by atoms with van der Waals surface area (Å²) in [6.07, 6.45) is -1.39. The van der Waals surface area contributed by atoms with Crippen molar-refractivity contribution in [1.29, 1.82) is 0 Å². The highest BCUT2D eigenvalue weighted by Gasteiger charge is 2.24. The second-order valence-corrected chi connectivity index (χ2v) is 15.2. The van der Waals surface area contributed by atoms with Crippen molar-refractivity contribution >= 4 is 28.0 Å². The number of aromatic carboxylic acids is 1. The molecule has 0 aliphatic heterocycles. The van der Waals surface area contributed by atoms with E-state index in [9.17, 15) is 23.1 Å². The molecular formula is C36H42N4O7S. The number of carbonyl (C=O) groups excluding carboxylic acids is 1. The maximum atomic E-state index is 13.4. The lowest BCUT2D eigenvalue weighted by Gasteiger charge is -2.24. The maximum absolute atomic E-state index is 13.4. The molecule has 0 spiro atoms. The number of aryl methyl sites for hydroxylation is 2. The van der Waals surface area contributed by atoms with Crippen LogP contribution in [-0.4, -0.2) is 47.7 Å². The van der Waals surface area contributed by atoms with E-state index >= 15 is 0 Å². The number of rotatable bonds is 10. The van der Waals surface area contributed by atoms with Crippen LogP contribution in [-0.2, 0) is 20.2 Å². The average Bonchev–Trinajstić information content (AvgIpc) is 2.98. The van der Waals surface area contributed by atoms with Crippen molar-refractivity contribution in [3.8, 4) is 17.1 Å². The number of sulfonamides is 1. The quantitative estimate of drug-likeness (QED) is 0.158. The number of amides is 1. The van der Waals surface area contributed by atoms with E-state index in [0.29, 0.717) is 5.69 Å². The maximum Gasteiger partial charge on any atom is 0.407 e. The molecule has 4 rings (SSSR count). The summed E-state index contributed by atoms with van der Waals surface area (Å²) in [5.74, 6) is -1.51. The molecule has 4 aromatic rings. The second kappa shape index (κ2) is 14.0. The highest BCUT2D eigenvalue weighted by Crippen LogP contribution is 2.32. The van der Waals surface area contributed by atoms with Gasteiger partial charge in [-0.1, -0.05) is 69.3 Å². The standard InChI is InChI=1S/C36H42N4O7S/c1-22-11-9-12-23(2)31(22)28-20-30(39-33(38-28)40-48(44,45)27-14-10-13-25(19-27)32(41)42)46-29(21-37-34(43)47-36(6,7)8)24-15-17-26(18-16-24)35(3,4)5/h9-20,29H,21H2,1-8H3,(H,37,43)(H,41,42)(H,38,39,40). The molecule has 254 valence electrons. The number of ether oxygens (including phenoxy) is 2. The third kappa shape index (κ3) is 9.31. The van der Waals surface area contributed by atoms with Gasteiger partial charge in [-0.05, 0) is 80.5 Å². The molecule has 1 heterocycles. The van der Waals surface area contributed by atoms with E-state index in [1.54, 1.807) is 26.8 Å². The molecule has 3 N–H and O–H groups in total. The fourth-order valence-corrected chi connectivity index (χ4v) is 5.90. The fraction of sp³-hybridized carbons (Fsp3) is 0.333. The number of nitrogens with zero attached hydrogens (tertiary/aromatic N) is 2. The van der Waals surface area contributed by atoms with Crippen LogP contribution in [0.15, 0.2) is 77.7 Å². The van der Waals surface area contributed by atoms with Crippen LogP contribution in [0.3, 0.4) is 0 Å². The number of carboxylic acids is 1. The summed E-state index contributed by atoms with van der Waals surface area (Å²) in [7, 11) is -4.31. The summed E-state index contributed by atoms with van der Waals surface area (Å²) in [5, 5.41) is 12.2. The van der Waals surface area contributed by atoms with Gasteiger partial charge in [-0.25, -0.2) is 27.7 Å². The highest BCUT2D eigenvalue weighted by atomic mass is 32.2. The fourth-order valence-electron chi connectivity index (χ4n) is 4.91. The molecule has 1 aromatic heterocycles. The Labute approximate surface area is 281 Å². The van der Waals surface area contributed by atoms with Crippen molar-refractivity contribution < 1.29 is 32.6 Å². The average molecular weight is 675 g/mol. The van der Waals surface area contributed by atoms with Crippen LogP contribution >= 0.6 is 0 Å². The van der Waals surface area contributed by atoms with Gasteiger partial charge in [0.25, 0.3) is 10.0 Å². The Morgan fingerprint density at radius 3 is 2.08 bits per heavy atom. The number of nitrogens with one attached hydrogen (secondary N) is 2. The van der Waals surface area contributed by atoms with Crippen LogP contribution in [0.5, 0.6) is 5.88 Å². The monoisotopic (exact) mass is 674 g/mol. The minimum Gasteiger partial charge on any atom is -0.478 e. The molecule has 3 aromatic carbocycles. The van der Waals surface area contributed by atoms with Crippen molar-refractivity contribution in [1.82, 2.24) is 15.3 Å². The molecule has 1 atom stereocenters. The summed E-state index contributed by atoms with van der Waals surface area (Å²) < 4.78 is 41.1. The zero-order valence-electron chi connectivity index (χ0n) is 28.4. The molecule has 48 heavy (non-hydrogen) atoms. The third-order valence-electron chi connectivity index (χ3n) is 7.30. The predicted octanol–water partition coefficient (Wildman–Crippen LogP) is 7.20. The molecule has 0 saturated carbocycles. The second-order valence-electron chi connectivity index (χ2n) is 13.5. The van der Waals surface area contributed by atoms with Gasteiger partial charge in [0.1, 0.15) is 11.7 Å². The largest absolute Gasteiger partial charge is 0.478 e. The molecule has 0 aliphatic carbocycles. The summed E-state index contributed by atoms with van der Waals surface area (Å²) >= 11 is 0. The first kappa shape index (κ1) is 35.9. The molecule has 0 bridgehead atoms. The zero-order chi connectivity index (χ0) is 35.4. The molecule has 0 saturated heterocycles. The van der Waals surface area contributed by atoms with Crippen molar-refractivity contribution in [2.45, 2.75) is 77.4 Å². The van der Waals surface area contributed by atoms with Gasteiger partial charge >= 0.3 is 12.1 Å². The Hall–Kier alpha value is -4.97. The number of hydrogen-bond donors (Lipinski definition) is 3. The lowest BCUT2D eigenvalue weighted by molar-refractivity contribution is 0.0498. The molecule has 11 nitrogen and oxygen atoms in total. The number of hydrogen-bond acceptors (Lipinski definition) is 8. The van der Waals surface area contributed by atoms with Gasteiger partial charge in [0.2, 0.25) is 11.8 Å². The number of benzene rings is 3. The van der Waals surface area contributed by atoms with Crippen LogP contribution in [0.2, 0.25) is 0 Å². The van der Waals surface area contributed by atoms with Crippen molar-refractivity contribution in [3.63, 3.8) is 0 Å². The van der Waals surface area contributed by atoms with Gasteiger partial charge in [-0.2, -0.15) is 4.98 Å². The van der Waals surface area contributed by atoms with Crippen LogP contribution in [0.1, 0.15) is 80.3 Å². The number of alkyl carbamates (subject to hydrolysis) is 1. The van der Waals surface area contributed by atoms with Crippen LogP contribution in [0.4, 0.5) is 10.7 Å². The Bertz CT molecular complexity index is 1890. The Balaban J connectivity index is 1.78. The summed E-state index contributed by atoms with van der Waals surface area (Å²) in [6.45, 7) is 15.5. The lowest BCUT2D eigenvalue weighted by atomic mass is 9.86. The Morgan fingerprint density at radius 2 is 1.50 bits per heavy atom. The van der Waals surface area contributed by atoms with E-state index in [1.807, 2.05) is 56.3 Å². The van der Waals surface area contributed by atoms with E-state index in [1.165, 1.54) is 18.2 Å². The number of carbonyl (C=O) groups is 2. The zero-order valence-corrected chi connectivity index (χ0v) is 29.2. The minimum atomic E-state index is -4.31. The van der Waals surface area contributed by atoms with Crippen molar-refractivity contribution in [2.24, 2.45) is 0 Å². The Kier molecular flexibility index (Phi) is 10.5. The SMILES string of the molecule is Cc1cccc(C)c1-c1cc(OC(CNC(=O)OC(C)(C)C)c2ccc(C(C)(C)C)cc2)nc(NS(=O)(=O)c2cccc(C(=O)O)c2)n1. The van der Waals surface area contributed by atoms with Gasteiger partial charge in [-0.3, -0.25) is 0 Å². The summed E-state index contributed by atoms with van der Waals surface area (Å²) in [4.78, 5) is 32.8. The smallest absolute Gasteiger partial charge is 0.407 e. The molecule has 12 heteroatoms. The van der Waals surface area contributed by atoms with E-state index in [2.05, 4.69) is 40.8 Å². The molecule has 0 radical (unpaired) electrons. The van der Waals surface area contributed by atoms with E-state index in [-0.39, 0.29) is 34.2 Å². The molecular weight excluding hydrogens is 632 g/mol. The summed E-state index contributed by atoms with van der Waals surface area (Å²) in [5.41, 5.74) is 3.79. The van der Waals surface area contributed by atoms with E-state index in [0.717, 1.165) is 33.9 Å². The third-order valence-corrected chi connectivity index (χ3v) is 8.62. The van der Waals surface area contributed by atoms with Crippen molar-refractivity contribution in [2.75, 3.05) is 11.3 Å². The minimum absolute atomic E-state index is 0.00947. The van der Waals surface area contributed by atoms with Gasteiger partial charge < -0.3 is 19.9 Å². The highest BCUT2D eigenvalue weighted by molar-refractivity contribution is 7.92.